The summed E-state index contributed by atoms with van der Waals surface area (Å²) < 4.78 is 11.7. The van der Waals surface area contributed by atoms with Crippen LogP contribution in [0.15, 0.2) is 0 Å². The molecule has 6 nitrogen and oxygen atoms in total. The standard InChI is InChI=1S/C14H23N3O3/c1-19-9-8-12-13(14(18)20-2)15-16-17(12)10-11-6-4-3-5-7-11/h11H,3-10H2,1-2H3. The van der Waals surface area contributed by atoms with Gasteiger partial charge in [-0.05, 0) is 18.8 Å². The predicted molar refractivity (Wildman–Crippen MR) is 73.5 cm³/mol. The summed E-state index contributed by atoms with van der Waals surface area (Å²) in [4.78, 5) is 11.7. The molecule has 20 heavy (non-hydrogen) atoms. The van der Waals surface area contributed by atoms with Crippen molar-refractivity contribution in [3.8, 4) is 0 Å². The highest BCUT2D eigenvalue weighted by Gasteiger charge is 2.22. The molecule has 6 heteroatoms. The summed E-state index contributed by atoms with van der Waals surface area (Å²) in [7, 11) is 3.01. The summed E-state index contributed by atoms with van der Waals surface area (Å²) >= 11 is 0. The zero-order valence-corrected chi connectivity index (χ0v) is 12.3. The largest absolute Gasteiger partial charge is 0.464 e. The predicted octanol–water partition coefficient (Wildman–Crippen LogP) is 1.83. The first-order chi connectivity index (χ1) is 9.76. The Hall–Kier alpha value is -1.43. The molecule has 0 amide bonds. The van der Waals surface area contributed by atoms with Crippen molar-refractivity contribution in [3.63, 3.8) is 0 Å². The first kappa shape index (κ1) is 15.0. The molecule has 1 aromatic rings. The average Bonchev–Trinajstić information content (AvgIpc) is 2.88. The Labute approximate surface area is 119 Å². The molecule has 1 aliphatic carbocycles. The van der Waals surface area contributed by atoms with Crippen LogP contribution >= 0.6 is 0 Å². The normalized spacial score (nSPS) is 16.3. The third kappa shape index (κ3) is 3.56. The van der Waals surface area contributed by atoms with Crippen molar-refractivity contribution in [1.29, 1.82) is 0 Å². The van der Waals surface area contributed by atoms with Gasteiger partial charge < -0.3 is 9.47 Å². The van der Waals surface area contributed by atoms with Gasteiger partial charge in [0.2, 0.25) is 0 Å². The maximum absolute atomic E-state index is 11.7. The van der Waals surface area contributed by atoms with E-state index in [-0.39, 0.29) is 0 Å². The van der Waals surface area contributed by atoms with Crippen molar-refractivity contribution >= 4 is 5.97 Å². The molecule has 1 saturated carbocycles. The molecular formula is C14H23N3O3. The van der Waals surface area contributed by atoms with Crippen molar-refractivity contribution in [2.75, 3.05) is 20.8 Å². The first-order valence-electron chi connectivity index (χ1n) is 7.26. The number of hydrogen-bond donors (Lipinski definition) is 0. The molecule has 0 atom stereocenters. The van der Waals surface area contributed by atoms with Crippen LogP contribution in [0.5, 0.6) is 0 Å². The summed E-state index contributed by atoms with van der Waals surface area (Å²) in [5.41, 5.74) is 1.14. The number of carbonyl (C=O) groups excluding carboxylic acids is 1. The Kier molecular flexibility index (Phi) is 5.52. The van der Waals surface area contributed by atoms with E-state index in [2.05, 4.69) is 10.3 Å². The lowest BCUT2D eigenvalue weighted by atomic mass is 9.89. The second-order valence-corrected chi connectivity index (χ2v) is 5.31. The molecule has 0 saturated heterocycles. The van der Waals surface area contributed by atoms with Crippen LogP contribution in [0.25, 0.3) is 0 Å². The topological polar surface area (TPSA) is 66.2 Å². The van der Waals surface area contributed by atoms with Crippen molar-refractivity contribution in [2.45, 2.75) is 45.1 Å². The molecule has 0 unspecified atom stereocenters. The Bertz CT molecular complexity index is 439. The minimum atomic E-state index is -0.425. The van der Waals surface area contributed by atoms with Gasteiger partial charge in [-0.3, -0.25) is 0 Å². The highest BCUT2D eigenvalue weighted by Crippen LogP contribution is 2.25. The lowest BCUT2D eigenvalue weighted by molar-refractivity contribution is 0.0592. The highest BCUT2D eigenvalue weighted by atomic mass is 16.5. The lowest BCUT2D eigenvalue weighted by Crippen LogP contribution is -2.18. The van der Waals surface area contributed by atoms with Gasteiger partial charge in [0, 0.05) is 20.1 Å². The van der Waals surface area contributed by atoms with Crippen molar-refractivity contribution in [2.24, 2.45) is 5.92 Å². The fourth-order valence-electron chi connectivity index (χ4n) is 2.80. The van der Waals surface area contributed by atoms with Gasteiger partial charge in [-0.1, -0.05) is 24.5 Å². The maximum atomic E-state index is 11.7. The SMILES string of the molecule is COCCc1c(C(=O)OC)nnn1CC1CCCCC1. The summed E-state index contributed by atoms with van der Waals surface area (Å²) in [6.45, 7) is 1.38. The van der Waals surface area contributed by atoms with Gasteiger partial charge in [0.1, 0.15) is 0 Å². The minimum Gasteiger partial charge on any atom is -0.464 e. The summed E-state index contributed by atoms with van der Waals surface area (Å²) in [6, 6.07) is 0. The quantitative estimate of drug-likeness (QED) is 0.744. The molecule has 0 N–H and O–H groups in total. The maximum Gasteiger partial charge on any atom is 0.360 e. The molecule has 1 aromatic heterocycles. The number of aromatic nitrogens is 3. The number of methoxy groups -OCH3 is 2. The summed E-state index contributed by atoms with van der Waals surface area (Å²) in [5, 5.41) is 8.13. The van der Waals surface area contributed by atoms with E-state index >= 15 is 0 Å². The Morgan fingerprint density at radius 2 is 2.05 bits per heavy atom. The smallest absolute Gasteiger partial charge is 0.360 e. The molecule has 0 aliphatic heterocycles. The molecule has 1 heterocycles. The molecule has 2 rings (SSSR count). The summed E-state index contributed by atoms with van der Waals surface area (Å²) in [6.07, 6.45) is 7.00. The highest BCUT2D eigenvalue weighted by molar-refractivity contribution is 5.88. The van der Waals surface area contributed by atoms with E-state index in [9.17, 15) is 4.79 Å². The van der Waals surface area contributed by atoms with Crippen LogP contribution in [0.4, 0.5) is 0 Å². The van der Waals surface area contributed by atoms with Gasteiger partial charge in [0.25, 0.3) is 0 Å². The van der Waals surface area contributed by atoms with Gasteiger partial charge >= 0.3 is 5.97 Å². The average molecular weight is 281 g/mol. The molecule has 0 aromatic carbocycles. The third-order valence-corrected chi connectivity index (χ3v) is 3.92. The van der Waals surface area contributed by atoms with Gasteiger partial charge in [-0.2, -0.15) is 0 Å². The number of carbonyl (C=O) groups is 1. The monoisotopic (exact) mass is 281 g/mol. The van der Waals surface area contributed by atoms with Crippen LogP contribution in [0.2, 0.25) is 0 Å². The second-order valence-electron chi connectivity index (χ2n) is 5.31. The van der Waals surface area contributed by atoms with Gasteiger partial charge in [-0.25, -0.2) is 9.48 Å². The Balaban J connectivity index is 2.13. The number of hydrogen-bond acceptors (Lipinski definition) is 5. The zero-order chi connectivity index (χ0) is 14.4. The molecule has 0 spiro atoms. The van der Waals surface area contributed by atoms with E-state index in [1.165, 1.54) is 39.2 Å². The number of esters is 1. The molecule has 1 aliphatic rings. The molecule has 0 radical (unpaired) electrons. The van der Waals surface area contributed by atoms with E-state index in [4.69, 9.17) is 9.47 Å². The van der Waals surface area contributed by atoms with Gasteiger partial charge in [0.05, 0.1) is 19.4 Å². The first-order valence-corrected chi connectivity index (χ1v) is 7.26. The fraction of sp³-hybridized carbons (Fsp3) is 0.786. The number of rotatable bonds is 6. The van der Waals surface area contributed by atoms with Crippen molar-refractivity contribution in [3.05, 3.63) is 11.4 Å². The van der Waals surface area contributed by atoms with Crippen LogP contribution < -0.4 is 0 Å². The summed E-state index contributed by atoms with van der Waals surface area (Å²) in [5.74, 6) is 0.211. The minimum absolute atomic E-state index is 0.320. The van der Waals surface area contributed by atoms with E-state index in [0.717, 1.165) is 12.2 Å². The lowest BCUT2D eigenvalue weighted by Gasteiger charge is -2.21. The van der Waals surface area contributed by atoms with E-state index in [1.54, 1.807) is 7.11 Å². The van der Waals surface area contributed by atoms with E-state index in [1.807, 2.05) is 4.68 Å². The van der Waals surface area contributed by atoms with E-state index < -0.39 is 5.97 Å². The van der Waals surface area contributed by atoms with Gasteiger partial charge in [-0.15, -0.1) is 5.10 Å². The van der Waals surface area contributed by atoms with Crippen molar-refractivity contribution < 1.29 is 14.3 Å². The van der Waals surface area contributed by atoms with Crippen LogP contribution in [-0.4, -0.2) is 41.8 Å². The van der Waals surface area contributed by atoms with Gasteiger partial charge in [0.15, 0.2) is 5.69 Å². The second kappa shape index (κ2) is 7.38. The Morgan fingerprint density at radius 3 is 2.70 bits per heavy atom. The molecule has 1 fully saturated rings. The number of nitrogens with zero attached hydrogens (tertiary/aromatic N) is 3. The van der Waals surface area contributed by atoms with Crippen molar-refractivity contribution in [1.82, 2.24) is 15.0 Å². The fourth-order valence-corrected chi connectivity index (χ4v) is 2.80. The molecular weight excluding hydrogens is 258 g/mol. The Morgan fingerprint density at radius 1 is 1.30 bits per heavy atom. The molecule has 112 valence electrons. The van der Waals surface area contributed by atoms with E-state index in [0.29, 0.717) is 24.6 Å². The third-order valence-electron chi connectivity index (χ3n) is 3.92. The zero-order valence-electron chi connectivity index (χ0n) is 12.3. The van der Waals surface area contributed by atoms with Crippen LogP contribution in [0, 0.1) is 5.92 Å². The number of ether oxygens (including phenoxy) is 2. The van der Waals surface area contributed by atoms with Crippen LogP contribution in [-0.2, 0) is 22.4 Å². The molecule has 0 bridgehead atoms. The van der Waals surface area contributed by atoms with Crippen LogP contribution in [0.3, 0.4) is 0 Å². The van der Waals surface area contributed by atoms with Crippen LogP contribution in [0.1, 0.15) is 48.3 Å².